The molecule has 0 saturated carbocycles. The Kier molecular flexibility index (Phi) is 6.17. The van der Waals surface area contributed by atoms with Crippen molar-refractivity contribution >= 4 is 11.9 Å². The molecule has 3 rings (SSSR count). The smallest absolute Gasteiger partial charge is 0.313 e. The molecule has 2 aliphatic rings. The number of aliphatic hydroxyl groups excluding tert-OH is 1. The number of rotatable bonds is 5. The van der Waals surface area contributed by atoms with Gasteiger partial charge in [0.2, 0.25) is 0 Å². The number of carbonyl (C=O) groups is 2. The Bertz CT molecular complexity index is 657. The molecule has 2 N–H and O–H groups in total. The van der Waals surface area contributed by atoms with Crippen LogP contribution in [0.5, 0.6) is 0 Å². The molecule has 2 saturated heterocycles. The quantitative estimate of drug-likeness (QED) is 0.826. The normalized spacial score (nSPS) is 27.5. The Labute approximate surface area is 160 Å². The Balaban J connectivity index is 1.62. The summed E-state index contributed by atoms with van der Waals surface area (Å²) in [6.45, 7) is 4.45. The van der Waals surface area contributed by atoms with Crippen molar-refractivity contribution in [3.8, 4) is 0 Å². The number of nitrogens with zero attached hydrogens (tertiary/aromatic N) is 2. The van der Waals surface area contributed by atoms with E-state index in [-0.39, 0.29) is 11.9 Å². The van der Waals surface area contributed by atoms with Gasteiger partial charge in [0.25, 0.3) is 5.91 Å². The average molecular weight is 374 g/mol. The molecule has 6 nitrogen and oxygen atoms in total. The fourth-order valence-corrected chi connectivity index (χ4v) is 4.63. The third-order valence-electron chi connectivity index (χ3n) is 6.22. The summed E-state index contributed by atoms with van der Waals surface area (Å²) >= 11 is 0. The van der Waals surface area contributed by atoms with Gasteiger partial charge < -0.3 is 15.1 Å². The van der Waals surface area contributed by atoms with Crippen LogP contribution in [0.25, 0.3) is 0 Å². The lowest BCUT2D eigenvalue weighted by Gasteiger charge is -2.48. The molecule has 0 aliphatic carbocycles. The SMILES string of the molecule is CCC[C@@]1(C(=O)O)CN(C2CCN(C(=O)c3ccccc3)CC2)CC[C@@H]1O. The van der Waals surface area contributed by atoms with Crippen molar-refractivity contribution in [2.45, 2.75) is 51.2 Å². The summed E-state index contributed by atoms with van der Waals surface area (Å²) in [6, 6.07) is 9.60. The number of piperidine rings is 2. The number of carbonyl (C=O) groups excluding carboxylic acids is 1. The fraction of sp³-hybridized carbons (Fsp3) is 0.619. The van der Waals surface area contributed by atoms with Crippen LogP contribution in [0.4, 0.5) is 0 Å². The molecule has 6 heteroatoms. The summed E-state index contributed by atoms with van der Waals surface area (Å²) in [6.07, 6.45) is 2.63. The molecular formula is C21H30N2O4. The second-order valence-electron chi connectivity index (χ2n) is 7.88. The van der Waals surface area contributed by atoms with E-state index in [4.69, 9.17) is 0 Å². The average Bonchev–Trinajstić information content (AvgIpc) is 2.70. The topological polar surface area (TPSA) is 81.1 Å². The summed E-state index contributed by atoms with van der Waals surface area (Å²) in [5.41, 5.74) is -0.353. The molecule has 1 aromatic rings. The van der Waals surface area contributed by atoms with Gasteiger partial charge in [-0.25, -0.2) is 0 Å². The zero-order valence-electron chi connectivity index (χ0n) is 16.0. The van der Waals surface area contributed by atoms with Crippen LogP contribution >= 0.6 is 0 Å². The lowest BCUT2D eigenvalue weighted by molar-refractivity contribution is -0.166. The monoisotopic (exact) mass is 374 g/mol. The lowest BCUT2D eigenvalue weighted by atomic mass is 9.73. The highest BCUT2D eigenvalue weighted by Crippen LogP contribution is 2.37. The Morgan fingerprint density at radius 2 is 1.78 bits per heavy atom. The Morgan fingerprint density at radius 1 is 1.11 bits per heavy atom. The van der Waals surface area contributed by atoms with E-state index in [1.54, 1.807) is 0 Å². The van der Waals surface area contributed by atoms with E-state index in [0.29, 0.717) is 38.0 Å². The van der Waals surface area contributed by atoms with Gasteiger partial charge in [-0.3, -0.25) is 14.5 Å². The highest BCUT2D eigenvalue weighted by Gasteiger charge is 2.49. The van der Waals surface area contributed by atoms with Crippen LogP contribution in [0.3, 0.4) is 0 Å². The zero-order valence-corrected chi connectivity index (χ0v) is 16.0. The number of hydrogen-bond donors (Lipinski definition) is 2. The first-order valence-electron chi connectivity index (χ1n) is 9.98. The summed E-state index contributed by atoms with van der Waals surface area (Å²) in [7, 11) is 0. The molecule has 0 spiro atoms. The van der Waals surface area contributed by atoms with Crippen molar-refractivity contribution in [2.75, 3.05) is 26.2 Å². The van der Waals surface area contributed by atoms with Crippen molar-refractivity contribution in [1.29, 1.82) is 0 Å². The first kappa shape index (κ1) is 19.8. The summed E-state index contributed by atoms with van der Waals surface area (Å²) < 4.78 is 0. The molecule has 2 atom stereocenters. The number of amides is 1. The third kappa shape index (κ3) is 4.01. The van der Waals surface area contributed by atoms with Crippen molar-refractivity contribution in [3.05, 3.63) is 35.9 Å². The maximum absolute atomic E-state index is 12.6. The highest BCUT2D eigenvalue weighted by molar-refractivity contribution is 5.94. The largest absolute Gasteiger partial charge is 0.481 e. The minimum Gasteiger partial charge on any atom is -0.481 e. The number of aliphatic hydroxyl groups is 1. The highest BCUT2D eigenvalue weighted by atomic mass is 16.4. The minimum atomic E-state index is -1.07. The van der Waals surface area contributed by atoms with Crippen molar-refractivity contribution in [1.82, 2.24) is 9.80 Å². The van der Waals surface area contributed by atoms with Crippen molar-refractivity contribution in [3.63, 3.8) is 0 Å². The van der Waals surface area contributed by atoms with Gasteiger partial charge in [-0.15, -0.1) is 0 Å². The lowest BCUT2D eigenvalue weighted by Crippen LogP contribution is -2.59. The van der Waals surface area contributed by atoms with Crippen LogP contribution < -0.4 is 0 Å². The maximum atomic E-state index is 12.6. The van der Waals surface area contributed by atoms with Gasteiger partial charge in [0.1, 0.15) is 5.41 Å². The molecule has 2 fully saturated rings. The van der Waals surface area contributed by atoms with Gasteiger partial charge in [0.05, 0.1) is 6.10 Å². The molecule has 0 aromatic heterocycles. The van der Waals surface area contributed by atoms with Crippen molar-refractivity contribution in [2.24, 2.45) is 5.41 Å². The summed E-state index contributed by atoms with van der Waals surface area (Å²) in [5.74, 6) is -0.827. The van der Waals surface area contributed by atoms with Crippen LogP contribution in [0.15, 0.2) is 30.3 Å². The first-order valence-corrected chi connectivity index (χ1v) is 9.98. The standard InChI is InChI=1S/C21H30N2O4/c1-2-11-21(20(26)27)15-23(14-10-18(21)24)17-8-12-22(13-9-17)19(25)16-6-4-3-5-7-16/h3-7,17-18,24H,2,8-15H2,1H3,(H,26,27)/t18-,21+/m0/s1. The number of carboxylic acid groups (broad SMARTS) is 1. The van der Waals surface area contributed by atoms with Crippen LogP contribution in [-0.2, 0) is 4.79 Å². The van der Waals surface area contributed by atoms with E-state index in [1.807, 2.05) is 42.2 Å². The van der Waals surface area contributed by atoms with Gasteiger partial charge in [-0.1, -0.05) is 31.5 Å². The molecule has 1 amide bonds. The van der Waals surface area contributed by atoms with Crippen LogP contribution in [0, 0.1) is 5.41 Å². The number of likely N-dealkylation sites (tertiary alicyclic amines) is 2. The minimum absolute atomic E-state index is 0.0639. The second kappa shape index (κ2) is 8.40. The summed E-state index contributed by atoms with van der Waals surface area (Å²) in [5, 5.41) is 20.2. The van der Waals surface area contributed by atoms with Crippen LogP contribution in [0.1, 0.15) is 49.4 Å². The van der Waals surface area contributed by atoms with E-state index in [2.05, 4.69) is 4.90 Å². The number of aliphatic carboxylic acids is 1. The van der Waals surface area contributed by atoms with E-state index >= 15 is 0 Å². The predicted molar refractivity (Wildman–Crippen MR) is 103 cm³/mol. The third-order valence-corrected chi connectivity index (χ3v) is 6.22. The fourth-order valence-electron chi connectivity index (χ4n) is 4.63. The van der Waals surface area contributed by atoms with Gasteiger partial charge >= 0.3 is 5.97 Å². The molecule has 2 heterocycles. The predicted octanol–water partition coefficient (Wildman–Crippen LogP) is 2.23. The molecule has 2 aliphatic heterocycles. The van der Waals surface area contributed by atoms with Crippen LogP contribution in [0.2, 0.25) is 0 Å². The first-order chi connectivity index (χ1) is 13.0. The Hall–Kier alpha value is -1.92. The molecule has 1 aromatic carbocycles. The van der Waals surface area contributed by atoms with Gasteiger partial charge in [-0.2, -0.15) is 0 Å². The van der Waals surface area contributed by atoms with E-state index in [9.17, 15) is 19.8 Å². The summed E-state index contributed by atoms with van der Waals surface area (Å²) in [4.78, 5) is 28.7. The van der Waals surface area contributed by atoms with Crippen molar-refractivity contribution < 1.29 is 19.8 Å². The van der Waals surface area contributed by atoms with E-state index < -0.39 is 17.5 Å². The van der Waals surface area contributed by atoms with Gasteiger partial charge in [0.15, 0.2) is 0 Å². The molecule has 148 valence electrons. The number of carboxylic acids is 1. The molecule has 0 unspecified atom stereocenters. The molecule has 0 radical (unpaired) electrons. The van der Waals surface area contributed by atoms with Gasteiger partial charge in [-0.05, 0) is 37.8 Å². The van der Waals surface area contributed by atoms with E-state index in [1.165, 1.54) is 0 Å². The number of hydrogen-bond acceptors (Lipinski definition) is 4. The second-order valence-corrected chi connectivity index (χ2v) is 7.88. The van der Waals surface area contributed by atoms with Crippen LogP contribution in [-0.4, -0.2) is 70.2 Å². The molecular weight excluding hydrogens is 344 g/mol. The van der Waals surface area contributed by atoms with Gasteiger partial charge in [0, 0.05) is 37.8 Å². The Morgan fingerprint density at radius 3 is 2.37 bits per heavy atom. The molecule has 0 bridgehead atoms. The molecule has 27 heavy (non-hydrogen) atoms. The zero-order chi connectivity index (χ0) is 19.4. The number of benzene rings is 1. The maximum Gasteiger partial charge on any atom is 0.313 e. The van der Waals surface area contributed by atoms with E-state index in [0.717, 1.165) is 25.8 Å².